The van der Waals surface area contributed by atoms with Crippen LogP contribution in [0.25, 0.3) is 0 Å². The first-order valence-corrected chi connectivity index (χ1v) is 21.0. The normalized spacial score (nSPS) is 14.6. The van der Waals surface area contributed by atoms with Crippen LogP contribution in [-0.4, -0.2) is 32.3 Å². The molecule has 6 aromatic rings. The number of pyridine rings is 4. The molecule has 0 aliphatic carbocycles. The Hall–Kier alpha value is -5.76. The summed E-state index contributed by atoms with van der Waals surface area (Å²) < 4.78 is 0. The van der Waals surface area contributed by atoms with Gasteiger partial charge in [-0.15, -0.1) is 0 Å². The first-order chi connectivity index (χ1) is 27.7. The van der Waals surface area contributed by atoms with Crippen LogP contribution in [-0.2, 0) is 0 Å². The highest BCUT2D eigenvalue weighted by molar-refractivity contribution is 5.94. The van der Waals surface area contributed by atoms with Crippen LogP contribution in [0.1, 0.15) is 124 Å². The molecule has 2 aromatic carbocycles. The number of hydrogen-bond acceptors (Lipinski definition) is 8. The van der Waals surface area contributed by atoms with Gasteiger partial charge in [0.25, 0.3) is 0 Å². The van der Waals surface area contributed by atoms with Crippen LogP contribution in [0.4, 0.5) is 45.5 Å². The average molecular weight is 771 g/mol. The van der Waals surface area contributed by atoms with Gasteiger partial charge >= 0.3 is 0 Å². The molecular weight excluding hydrogens is 713 g/mol. The number of benzene rings is 2. The van der Waals surface area contributed by atoms with Gasteiger partial charge in [-0.05, 0) is 146 Å². The van der Waals surface area contributed by atoms with Crippen molar-refractivity contribution in [3.63, 3.8) is 0 Å². The Morgan fingerprint density at radius 2 is 0.552 bits per heavy atom. The molecular formula is C50H58N8. The van der Waals surface area contributed by atoms with E-state index in [9.17, 15) is 0 Å². The van der Waals surface area contributed by atoms with E-state index >= 15 is 0 Å². The first-order valence-electron chi connectivity index (χ1n) is 21.0. The van der Waals surface area contributed by atoms with Gasteiger partial charge in [0.05, 0.1) is 70.3 Å². The molecule has 0 atom stereocenters. The van der Waals surface area contributed by atoms with Crippen LogP contribution in [0.2, 0.25) is 0 Å². The monoisotopic (exact) mass is 770 g/mol. The van der Waals surface area contributed by atoms with Crippen molar-refractivity contribution < 1.29 is 0 Å². The quantitative estimate of drug-likeness (QED) is 0.144. The highest BCUT2D eigenvalue weighted by atomic mass is 15.5. The Bertz CT molecular complexity index is 2070. The van der Waals surface area contributed by atoms with E-state index in [0.717, 1.165) is 68.3 Å². The number of aryl methyl sites for hydroxylation is 4. The first kappa shape index (κ1) is 39.1. The van der Waals surface area contributed by atoms with Crippen LogP contribution in [0.5, 0.6) is 0 Å². The number of aromatic nitrogens is 4. The standard InChI is InChI=1S/C50H58N8/c1-29(2)41-17-13-37(25-51-41)55-45-21-33(9)34(10)22-46(45)56(38-14-18-42(30(3)4)52-26-38)49(55)50-57(39-15-19-43(31(5)6)53-27-39)47-23-35(11)36(12)24-48(47)58(50)40-16-20-44(32(7)8)54-28-40/h13-32,49-50H,1-12H3. The number of anilines is 8. The van der Waals surface area contributed by atoms with Crippen molar-refractivity contribution in [1.29, 1.82) is 0 Å². The summed E-state index contributed by atoms with van der Waals surface area (Å²) in [6, 6.07) is 27.2. The molecule has 0 N–H and O–H groups in total. The molecule has 298 valence electrons. The summed E-state index contributed by atoms with van der Waals surface area (Å²) in [4.78, 5) is 30.3. The molecule has 0 saturated carbocycles. The van der Waals surface area contributed by atoms with Crippen molar-refractivity contribution in [2.75, 3.05) is 19.6 Å². The second-order valence-electron chi connectivity index (χ2n) is 17.5. The van der Waals surface area contributed by atoms with Crippen molar-refractivity contribution in [3.8, 4) is 0 Å². The second kappa shape index (κ2) is 15.2. The number of fused-ring (bicyclic) bond motifs is 2. The Kier molecular flexibility index (Phi) is 10.2. The van der Waals surface area contributed by atoms with Crippen molar-refractivity contribution in [2.45, 2.75) is 119 Å². The van der Waals surface area contributed by atoms with Gasteiger partial charge in [-0.3, -0.25) is 19.9 Å². The van der Waals surface area contributed by atoms with Gasteiger partial charge in [-0.2, -0.15) is 0 Å². The van der Waals surface area contributed by atoms with Gasteiger partial charge in [0.1, 0.15) is 0 Å². The van der Waals surface area contributed by atoms with E-state index in [-0.39, 0.29) is 12.3 Å². The lowest BCUT2D eigenvalue weighted by Crippen LogP contribution is -2.58. The molecule has 0 saturated heterocycles. The van der Waals surface area contributed by atoms with Crippen molar-refractivity contribution in [3.05, 3.63) is 143 Å². The Morgan fingerprint density at radius 1 is 0.345 bits per heavy atom. The molecule has 8 rings (SSSR count). The van der Waals surface area contributed by atoms with E-state index in [0.29, 0.717) is 23.7 Å². The molecule has 6 heterocycles. The fourth-order valence-electron chi connectivity index (χ4n) is 8.37. The van der Waals surface area contributed by atoms with E-state index < -0.39 is 0 Å². The van der Waals surface area contributed by atoms with Crippen LogP contribution in [0.15, 0.2) is 97.6 Å². The molecule has 0 amide bonds. The average Bonchev–Trinajstić information content (AvgIpc) is 3.69. The Morgan fingerprint density at radius 3 is 0.707 bits per heavy atom. The smallest absolute Gasteiger partial charge is 0.151 e. The molecule has 0 unspecified atom stereocenters. The minimum Gasteiger partial charge on any atom is -0.313 e. The van der Waals surface area contributed by atoms with Gasteiger partial charge < -0.3 is 19.6 Å². The fraction of sp³-hybridized carbons (Fsp3) is 0.360. The third kappa shape index (κ3) is 6.76. The van der Waals surface area contributed by atoms with Crippen LogP contribution in [0.3, 0.4) is 0 Å². The zero-order valence-corrected chi connectivity index (χ0v) is 36.3. The molecule has 8 heteroatoms. The van der Waals surface area contributed by atoms with E-state index in [1.807, 2.05) is 0 Å². The van der Waals surface area contributed by atoms with Crippen molar-refractivity contribution >= 4 is 45.5 Å². The fourth-order valence-corrected chi connectivity index (χ4v) is 8.37. The molecule has 4 aromatic heterocycles. The zero-order chi connectivity index (χ0) is 41.2. The largest absolute Gasteiger partial charge is 0.313 e. The van der Waals surface area contributed by atoms with Crippen LogP contribution >= 0.6 is 0 Å². The lowest BCUT2D eigenvalue weighted by molar-refractivity contribution is 0.548. The maximum absolute atomic E-state index is 5.08. The summed E-state index contributed by atoms with van der Waals surface area (Å²) in [5.41, 5.74) is 17.8. The van der Waals surface area contributed by atoms with Crippen molar-refractivity contribution in [2.24, 2.45) is 0 Å². The maximum Gasteiger partial charge on any atom is 0.151 e. The minimum absolute atomic E-state index is 0.312. The summed E-state index contributed by atoms with van der Waals surface area (Å²) >= 11 is 0. The summed E-state index contributed by atoms with van der Waals surface area (Å²) in [6.07, 6.45) is 7.61. The molecule has 8 nitrogen and oxygen atoms in total. The Balaban J connectivity index is 1.46. The lowest BCUT2D eigenvalue weighted by atomic mass is 10.1. The molecule has 2 aliphatic heterocycles. The van der Waals surface area contributed by atoms with Crippen molar-refractivity contribution in [1.82, 2.24) is 19.9 Å². The highest BCUT2D eigenvalue weighted by Crippen LogP contribution is 2.56. The Labute approximate surface area is 345 Å². The molecule has 2 aliphatic rings. The van der Waals surface area contributed by atoms with Gasteiger partial charge in [-0.25, -0.2) is 0 Å². The summed E-state index contributed by atoms with van der Waals surface area (Å²) in [7, 11) is 0. The predicted molar refractivity (Wildman–Crippen MR) is 241 cm³/mol. The summed E-state index contributed by atoms with van der Waals surface area (Å²) in [5.74, 6) is 1.25. The van der Waals surface area contributed by atoms with E-state index in [1.54, 1.807) is 0 Å². The number of rotatable bonds is 9. The molecule has 58 heavy (non-hydrogen) atoms. The SMILES string of the molecule is Cc1cc2c(cc1C)N(c1ccc(C(C)C)nc1)C(C1N(c3ccc(C(C)C)nc3)c3cc(C)c(C)cc3N1c1ccc(C(C)C)nc1)N2c1ccc(C(C)C)nc1. The maximum atomic E-state index is 5.08. The summed E-state index contributed by atoms with van der Waals surface area (Å²) in [5, 5.41) is 0. The zero-order valence-electron chi connectivity index (χ0n) is 36.3. The molecule has 0 fully saturated rings. The third-order valence-electron chi connectivity index (χ3n) is 12.1. The molecule has 0 radical (unpaired) electrons. The van der Waals surface area contributed by atoms with E-state index in [4.69, 9.17) is 19.9 Å². The van der Waals surface area contributed by atoms with Gasteiger partial charge in [0, 0.05) is 22.8 Å². The van der Waals surface area contributed by atoms with Crippen LogP contribution in [0, 0.1) is 27.7 Å². The minimum atomic E-state index is -0.322. The highest BCUT2D eigenvalue weighted by Gasteiger charge is 2.52. The van der Waals surface area contributed by atoms with Gasteiger partial charge in [0.2, 0.25) is 0 Å². The second-order valence-corrected chi connectivity index (χ2v) is 17.5. The van der Waals surface area contributed by atoms with E-state index in [1.165, 1.54) is 22.3 Å². The topological polar surface area (TPSA) is 64.5 Å². The number of nitrogens with zero attached hydrogens (tertiary/aromatic N) is 8. The molecule has 0 spiro atoms. The van der Waals surface area contributed by atoms with Gasteiger partial charge in [0.15, 0.2) is 12.3 Å². The van der Waals surface area contributed by atoms with E-state index in [2.05, 4.69) is 200 Å². The van der Waals surface area contributed by atoms with Crippen LogP contribution < -0.4 is 19.6 Å². The van der Waals surface area contributed by atoms with Gasteiger partial charge in [-0.1, -0.05) is 55.4 Å². The predicted octanol–water partition coefficient (Wildman–Crippen LogP) is 12.9. The third-order valence-corrected chi connectivity index (χ3v) is 12.1. The lowest BCUT2D eigenvalue weighted by Gasteiger charge is -2.44. The molecule has 0 bridgehead atoms. The summed E-state index contributed by atoms with van der Waals surface area (Å²) in [6.45, 7) is 26.4. The number of hydrogen-bond donors (Lipinski definition) is 0.